The fourth-order valence-electron chi connectivity index (χ4n) is 1.67. The number of nitrogens with zero attached hydrogens (tertiary/aromatic N) is 3. The van der Waals surface area contributed by atoms with Gasteiger partial charge in [0.25, 0.3) is 10.0 Å². The highest BCUT2D eigenvalue weighted by molar-refractivity contribution is 7.92. The first-order valence-corrected chi connectivity index (χ1v) is 7.18. The Labute approximate surface area is 117 Å². The molecule has 1 aromatic carbocycles. The molecule has 0 fully saturated rings. The Morgan fingerprint density at radius 2 is 2.15 bits per heavy atom. The van der Waals surface area contributed by atoms with Gasteiger partial charge in [-0.05, 0) is 12.1 Å². The van der Waals surface area contributed by atoms with Gasteiger partial charge in [0.1, 0.15) is 5.84 Å². The monoisotopic (exact) mass is 293 g/mol. The molecule has 0 atom stereocenters. The molecule has 0 saturated carbocycles. The van der Waals surface area contributed by atoms with E-state index in [4.69, 9.17) is 11.1 Å². The van der Waals surface area contributed by atoms with Crippen molar-refractivity contribution >= 4 is 21.5 Å². The van der Waals surface area contributed by atoms with Crippen LogP contribution in [0.3, 0.4) is 0 Å². The summed E-state index contributed by atoms with van der Waals surface area (Å²) in [5.74, 6) is -0.115. The van der Waals surface area contributed by atoms with Crippen LogP contribution in [0.5, 0.6) is 0 Å². The van der Waals surface area contributed by atoms with Crippen LogP contribution in [0, 0.1) is 5.41 Å². The lowest BCUT2D eigenvalue weighted by Crippen LogP contribution is -2.27. The van der Waals surface area contributed by atoms with Crippen LogP contribution in [0.25, 0.3) is 0 Å². The zero-order valence-corrected chi connectivity index (χ0v) is 11.9. The molecule has 0 saturated heterocycles. The fraction of sp³-hybridized carbons (Fsp3) is 0.167. The first kappa shape index (κ1) is 14.1. The van der Waals surface area contributed by atoms with E-state index in [1.165, 1.54) is 19.6 Å². The first-order chi connectivity index (χ1) is 9.32. The van der Waals surface area contributed by atoms with Crippen molar-refractivity contribution in [1.82, 2.24) is 9.55 Å². The molecule has 3 N–H and O–H groups in total. The molecule has 2 rings (SSSR count). The number of imidazole rings is 1. The molecule has 0 amide bonds. The van der Waals surface area contributed by atoms with Crippen LogP contribution in [0.4, 0.5) is 5.69 Å². The normalized spacial score (nSPS) is 11.3. The van der Waals surface area contributed by atoms with Gasteiger partial charge in [-0.15, -0.1) is 0 Å². The van der Waals surface area contributed by atoms with Crippen molar-refractivity contribution in [2.75, 3.05) is 11.4 Å². The maximum Gasteiger partial charge on any atom is 0.283 e. The number of hydrogen-bond acceptors (Lipinski definition) is 4. The molecule has 1 aromatic heterocycles. The molecule has 0 aliphatic rings. The molecule has 7 nitrogen and oxygen atoms in total. The molecule has 106 valence electrons. The number of hydrogen-bond donors (Lipinski definition) is 2. The summed E-state index contributed by atoms with van der Waals surface area (Å²) in [6.45, 7) is 0. The zero-order valence-electron chi connectivity index (χ0n) is 11.1. The van der Waals surface area contributed by atoms with Crippen molar-refractivity contribution < 1.29 is 8.42 Å². The number of aromatic nitrogens is 2. The van der Waals surface area contributed by atoms with Crippen LogP contribution >= 0.6 is 0 Å². The Morgan fingerprint density at radius 3 is 2.70 bits per heavy atom. The van der Waals surface area contributed by atoms with E-state index in [2.05, 4.69) is 4.98 Å². The molecule has 0 unspecified atom stereocenters. The topological polar surface area (TPSA) is 105 Å². The van der Waals surface area contributed by atoms with E-state index < -0.39 is 10.0 Å². The standard InChI is InChI=1S/C12H15N5O2S/c1-16-7-11(15-8-16)20(18,19)17(2)10-5-3-4-9(6-10)12(13)14/h3-8H,1-2H3,(H3,13,14). The third-order valence-electron chi connectivity index (χ3n) is 2.83. The molecule has 0 spiro atoms. The van der Waals surface area contributed by atoms with E-state index in [0.717, 1.165) is 4.31 Å². The number of benzene rings is 1. The minimum absolute atomic E-state index is 0.0317. The average Bonchev–Trinajstić information content (AvgIpc) is 2.85. The number of nitrogens with one attached hydrogen (secondary N) is 1. The van der Waals surface area contributed by atoms with Crippen molar-refractivity contribution in [3.05, 3.63) is 42.4 Å². The van der Waals surface area contributed by atoms with E-state index in [0.29, 0.717) is 11.3 Å². The van der Waals surface area contributed by atoms with Crippen LogP contribution < -0.4 is 10.0 Å². The molecule has 0 aliphatic carbocycles. The van der Waals surface area contributed by atoms with Gasteiger partial charge in [-0.3, -0.25) is 9.71 Å². The SMILES string of the molecule is CN(c1cccc(C(=N)N)c1)S(=O)(=O)c1cn(C)cn1. The Bertz CT molecular complexity index is 751. The molecule has 1 heterocycles. The molecule has 20 heavy (non-hydrogen) atoms. The van der Waals surface area contributed by atoms with Crippen molar-refractivity contribution in [1.29, 1.82) is 5.41 Å². The number of aryl methyl sites for hydroxylation is 1. The quantitative estimate of drug-likeness (QED) is 0.633. The average molecular weight is 293 g/mol. The fourth-order valence-corrected chi connectivity index (χ4v) is 2.82. The predicted octanol–water partition coefficient (Wildman–Crippen LogP) is 0.529. The molecule has 0 aliphatic heterocycles. The summed E-state index contributed by atoms with van der Waals surface area (Å²) in [6.07, 6.45) is 2.85. The minimum Gasteiger partial charge on any atom is -0.384 e. The summed E-state index contributed by atoms with van der Waals surface area (Å²) >= 11 is 0. The van der Waals surface area contributed by atoms with Gasteiger partial charge in [0.15, 0.2) is 5.03 Å². The molecule has 8 heteroatoms. The number of nitrogen functional groups attached to an aromatic ring is 1. The number of nitrogens with two attached hydrogens (primary N) is 1. The number of rotatable bonds is 4. The van der Waals surface area contributed by atoms with Gasteiger partial charge in [0, 0.05) is 25.9 Å². The summed E-state index contributed by atoms with van der Waals surface area (Å²) < 4.78 is 27.5. The van der Waals surface area contributed by atoms with Gasteiger partial charge in [-0.1, -0.05) is 12.1 Å². The summed E-state index contributed by atoms with van der Waals surface area (Å²) in [4.78, 5) is 3.86. The van der Waals surface area contributed by atoms with E-state index in [-0.39, 0.29) is 10.9 Å². The number of amidine groups is 1. The van der Waals surface area contributed by atoms with Crippen LogP contribution in [0.2, 0.25) is 0 Å². The van der Waals surface area contributed by atoms with Crippen LogP contribution in [-0.2, 0) is 17.1 Å². The van der Waals surface area contributed by atoms with Gasteiger partial charge >= 0.3 is 0 Å². The Morgan fingerprint density at radius 1 is 1.45 bits per heavy atom. The maximum atomic E-state index is 12.4. The second-order valence-electron chi connectivity index (χ2n) is 4.31. The van der Waals surface area contributed by atoms with Gasteiger partial charge in [-0.2, -0.15) is 8.42 Å². The van der Waals surface area contributed by atoms with E-state index in [1.54, 1.807) is 35.9 Å². The van der Waals surface area contributed by atoms with Crippen molar-refractivity contribution in [3.63, 3.8) is 0 Å². The zero-order chi connectivity index (χ0) is 14.9. The third kappa shape index (κ3) is 2.50. The van der Waals surface area contributed by atoms with E-state index in [9.17, 15) is 8.42 Å². The van der Waals surface area contributed by atoms with Crippen molar-refractivity contribution in [2.24, 2.45) is 12.8 Å². The summed E-state index contributed by atoms with van der Waals surface area (Å²) in [5, 5.41) is 7.36. The van der Waals surface area contributed by atoms with Crippen molar-refractivity contribution in [2.45, 2.75) is 5.03 Å². The first-order valence-electron chi connectivity index (χ1n) is 5.73. The van der Waals surface area contributed by atoms with Gasteiger partial charge in [-0.25, -0.2) is 4.98 Å². The highest BCUT2D eigenvalue weighted by atomic mass is 32.2. The lowest BCUT2D eigenvalue weighted by molar-refractivity contribution is 0.591. The van der Waals surface area contributed by atoms with E-state index >= 15 is 0 Å². The second-order valence-corrected chi connectivity index (χ2v) is 6.23. The largest absolute Gasteiger partial charge is 0.384 e. The second kappa shape index (κ2) is 4.97. The lowest BCUT2D eigenvalue weighted by atomic mass is 10.2. The van der Waals surface area contributed by atoms with Gasteiger partial charge < -0.3 is 10.3 Å². The lowest BCUT2D eigenvalue weighted by Gasteiger charge is -2.18. The van der Waals surface area contributed by atoms with Crippen LogP contribution in [0.15, 0.2) is 41.8 Å². The van der Waals surface area contributed by atoms with Crippen molar-refractivity contribution in [3.8, 4) is 0 Å². The maximum absolute atomic E-state index is 12.4. The highest BCUT2D eigenvalue weighted by Gasteiger charge is 2.23. The summed E-state index contributed by atoms with van der Waals surface area (Å²) in [6, 6.07) is 6.47. The molecule has 2 aromatic rings. The van der Waals surface area contributed by atoms with Crippen LogP contribution in [0.1, 0.15) is 5.56 Å². The Hall–Kier alpha value is -2.35. The molecule has 0 bridgehead atoms. The Kier molecular flexibility index (Phi) is 3.49. The number of sulfonamides is 1. The number of anilines is 1. The predicted molar refractivity (Wildman–Crippen MR) is 76.3 cm³/mol. The Balaban J connectivity index is 2.43. The third-order valence-corrected chi connectivity index (χ3v) is 4.50. The van der Waals surface area contributed by atoms with Gasteiger partial charge in [0.2, 0.25) is 0 Å². The highest BCUT2D eigenvalue weighted by Crippen LogP contribution is 2.21. The van der Waals surface area contributed by atoms with E-state index in [1.807, 2.05) is 0 Å². The summed E-state index contributed by atoms with van der Waals surface area (Å²) in [5.41, 5.74) is 6.29. The molecular weight excluding hydrogens is 278 g/mol. The minimum atomic E-state index is -3.72. The summed E-state index contributed by atoms with van der Waals surface area (Å²) in [7, 11) is -0.593. The van der Waals surface area contributed by atoms with Crippen LogP contribution in [-0.4, -0.2) is 30.9 Å². The molecule has 0 radical (unpaired) electrons. The molecular formula is C12H15N5O2S. The van der Waals surface area contributed by atoms with Gasteiger partial charge in [0.05, 0.1) is 12.0 Å². The smallest absolute Gasteiger partial charge is 0.283 e.